The predicted octanol–water partition coefficient (Wildman–Crippen LogP) is 3.77. The Kier molecular flexibility index (Phi) is 3.19. The van der Waals surface area contributed by atoms with E-state index in [1.165, 1.54) is 19.1 Å². The van der Waals surface area contributed by atoms with Gasteiger partial charge in [0.25, 0.3) is 0 Å². The summed E-state index contributed by atoms with van der Waals surface area (Å²) in [6.45, 7) is 1.51. The Hall–Kier alpha value is -2.16. The summed E-state index contributed by atoms with van der Waals surface area (Å²) in [7, 11) is 0. The van der Waals surface area contributed by atoms with Gasteiger partial charge in [0.15, 0.2) is 5.78 Å². The van der Waals surface area contributed by atoms with E-state index in [2.05, 4.69) is 5.32 Å². The molecule has 2 aromatic rings. The Balaban J connectivity index is 2.33. The number of anilines is 2. The summed E-state index contributed by atoms with van der Waals surface area (Å²) in [5, 5.41) is 3.03. The van der Waals surface area contributed by atoms with Crippen molar-refractivity contribution in [3.05, 3.63) is 59.9 Å². The van der Waals surface area contributed by atoms with Crippen LogP contribution in [0, 0.1) is 5.82 Å². The summed E-state index contributed by atoms with van der Waals surface area (Å²) in [6.07, 6.45) is 0. The summed E-state index contributed by atoms with van der Waals surface area (Å²) >= 11 is 0. The molecule has 0 unspecified atom stereocenters. The molecule has 0 heterocycles. The van der Waals surface area contributed by atoms with Crippen LogP contribution in [0.2, 0.25) is 0 Å². The molecule has 2 aromatic carbocycles. The smallest absolute Gasteiger partial charge is 0.161 e. The minimum atomic E-state index is -0.310. The fourth-order valence-corrected chi connectivity index (χ4v) is 1.62. The topological polar surface area (TPSA) is 29.1 Å². The lowest BCUT2D eigenvalue weighted by Crippen LogP contribution is -2.00. The molecular weight excluding hydrogens is 217 g/mol. The molecule has 0 saturated carbocycles. The monoisotopic (exact) mass is 229 g/mol. The second-order valence-corrected chi connectivity index (χ2v) is 3.74. The number of hydrogen-bond donors (Lipinski definition) is 1. The number of rotatable bonds is 3. The third-order valence-corrected chi connectivity index (χ3v) is 2.41. The van der Waals surface area contributed by atoms with E-state index in [9.17, 15) is 9.18 Å². The van der Waals surface area contributed by atoms with E-state index in [1.54, 1.807) is 30.3 Å². The summed E-state index contributed by atoms with van der Waals surface area (Å²) in [4.78, 5) is 11.4. The molecule has 1 N–H and O–H groups in total. The number of halogens is 1. The lowest BCUT2D eigenvalue weighted by Gasteiger charge is -2.09. The predicted molar refractivity (Wildman–Crippen MR) is 66.1 cm³/mol. The van der Waals surface area contributed by atoms with Gasteiger partial charge < -0.3 is 5.32 Å². The molecule has 0 radical (unpaired) electrons. The molecule has 0 spiro atoms. The number of para-hydroxylation sites is 1. The van der Waals surface area contributed by atoms with E-state index in [1.807, 2.05) is 6.07 Å². The number of Topliss-reactive ketones (excluding diaryl/α,β-unsaturated/α-hetero) is 1. The highest BCUT2D eigenvalue weighted by molar-refractivity contribution is 6.00. The highest BCUT2D eigenvalue weighted by Crippen LogP contribution is 2.21. The Morgan fingerprint density at radius 1 is 1.12 bits per heavy atom. The van der Waals surface area contributed by atoms with Crippen LogP contribution < -0.4 is 5.32 Å². The molecule has 0 aliphatic carbocycles. The van der Waals surface area contributed by atoms with Gasteiger partial charge in [0.05, 0.1) is 0 Å². The number of carbonyl (C=O) groups is 1. The SMILES string of the molecule is CC(=O)c1ccccc1Nc1cccc(F)c1. The third kappa shape index (κ3) is 2.69. The van der Waals surface area contributed by atoms with Gasteiger partial charge in [-0.2, -0.15) is 0 Å². The minimum absolute atomic E-state index is 0.0236. The molecule has 0 bridgehead atoms. The van der Waals surface area contributed by atoms with Crippen molar-refractivity contribution in [2.45, 2.75) is 6.92 Å². The van der Waals surface area contributed by atoms with Gasteiger partial charge in [0.1, 0.15) is 5.82 Å². The highest BCUT2D eigenvalue weighted by Gasteiger charge is 2.06. The van der Waals surface area contributed by atoms with E-state index in [4.69, 9.17) is 0 Å². The van der Waals surface area contributed by atoms with Gasteiger partial charge in [-0.3, -0.25) is 4.79 Å². The number of ketones is 1. The fraction of sp³-hybridized carbons (Fsp3) is 0.0714. The molecule has 0 saturated heterocycles. The van der Waals surface area contributed by atoms with Crippen molar-refractivity contribution in [1.29, 1.82) is 0 Å². The molecular formula is C14H12FNO. The van der Waals surface area contributed by atoms with Crippen LogP contribution in [-0.4, -0.2) is 5.78 Å². The molecule has 0 amide bonds. The van der Waals surface area contributed by atoms with Crippen molar-refractivity contribution in [2.75, 3.05) is 5.32 Å². The van der Waals surface area contributed by atoms with Gasteiger partial charge in [-0.05, 0) is 37.3 Å². The molecule has 3 heteroatoms. The van der Waals surface area contributed by atoms with Crippen LogP contribution in [0.25, 0.3) is 0 Å². The van der Waals surface area contributed by atoms with Gasteiger partial charge in [-0.1, -0.05) is 18.2 Å². The Morgan fingerprint density at radius 3 is 2.59 bits per heavy atom. The van der Waals surface area contributed by atoms with E-state index in [-0.39, 0.29) is 11.6 Å². The molecule has 86 valence electrons. The van der Waals surface area contributed by atoms with Crippen LogP contribution in [0.5, 0.6) is 0 Å². The minimum Gasteiger partial charge on any atom is -0.355 e. The maximum atomic E-state index is 13.0. The van der Waals surface area contributed by atoms with Crippen molar-refractivity contribution < 1.29 is 9.18 Å². The van der Waals surface area contributed by atoms with Gasteiger partial charge in [0.2, 0.25) is 0 Å². The number of carbonyl (C=O) groups excluding carboxylic acids is 1. The number of nitrogens with one attached hydrogen (secondary N) is 1. The summed E-state index contributed by atoms with van der Waals surface area (Å²) in [5.74, 6) is -0.334. The molecule has 2 rings (SSSR count). The third-order valence-electron chi connectivity index (χ3n) is 2.41. The van der Waals surface area contributed by atoms with Crippen LogP contribution in [0.15, 0.2) is 48.5 Å². The van der Waals surface area contributed by atoms with E-state index < -0.39 is 0 Å². The molecule has 0 aromatic heterocycles. The molecule has 0 aliphatic heterocycles. The number of hydrogen-bond acceptors (Lipinski definition) is 2. The lowest BCUT2D eigenvalue weighted by atomic mass is 10.1. The molecule has 17 heavy (non-hydrogen) atoms. The van der Waals surface area contributed by atoms with Crippen molar-refractivity contribution >= 4 is 17.2 Å². The van der Waals surface area contributed by atoms with Crippen molar-refractivity contribution in [1.82, 2.24) is 0 Å². The largest absolute Gasteiger partial charge is 0.355 e. The average Bonchev–Trinajstić information content (AvgIpc) is 2.29. The zero-order valence-corrected chi connectivity index (χ0v) is 9.41. The maximum Gasteiger partial charge on any atom is 0.161 e. The highest BCUT2D eigenvalue weighted by atomic mass is 19.1. The van der Waals surface area contributed by atoms with Gasteiger partial charge in [-0.15, -0.1) is 0 Å². The molecule has 2 nitrogen and oxygen atoms in total. The fourth-order valence-electron chi connectivity index (χ4n) is 1.62. The summed E-state index contributed by atoms with van der Waals surface area (Å²) in [6, 6.07) is 13.3. The summed E-state index contributed by atoms with van der Waals surface area (Å²) in [5.41, 5.74) is 1.90. The Bertz CT molecular complexity index is 551. The van der Waals surface area contributed by atoms with Crippen LogP contribution in [-0.2, 0) is 0 Å². The standard InChI is InChI=1S/C14H12FNO/c1-10(17)13-7-2-3-8-14(13)16-12-6-4-5-11(15)9-12/h2-9,16H,1H3. The second kappa shape index (κ2) is 4.78. The van der Waals surface area contributed by atoms with Gasteiger partial charge in [-0.25, -0.2) is 4.39 Å². The first-order chi connectivity index (χ1) is 8.16. The zero-order chi connectivity index (χ0) is 12.3. The van der Waals surface area contributed by atoms with Crippen molar-refractivity contribution in [3.63, 3.8) is 0 Å². The van der Waals surface area contributed by atoms with E-state index in [0.29, 0.717) is 16.9 Å². The Morgan fingerprint density at radius 2 is 1.88 bits per heavy atom. The Labute approximate surface area is 99.1 Å². The first-order valence-electron chi connectivity index (χ1n) is 5.29. The first-order valence-corrected chi connectivity index (χ1v) is 5.29. The normalized spacial score (nSPS) is 10.0. The molecule has 0 aliphatic rings. The van der Waals surface area contributed by atoms with Crippen LogP contribution in [0.1, 0.15) is 17.3 Å². The lowest BCUT2D eigenvalue weighted by molar-refractivity contribution is 0.101. The van der Waals surface area contributed by atoms with Crippen molar-refractivity contribution in [3.8, 4) is 0 Å². The maximum absolute atomic E-state index is 13.0. The number of benzene rings is 2. The summed E-state index contributed by atoms with van der Waals surface area (Å²) < 4.78 is 13.0. The van der Waals surface area contributed by atoms with Crippen LogP contribution in [0.4, 0.5) is 15.8 Å². The zero-order valence-electron chi connectivity index (χ0n) is 9.41. The van der Waals surface area contributed by atoms with E-state index in [0.717, 1.165) is 0 Å². The molecule has 0 atom stereocenters. The molecule has 0 fully saturated rings. The second-order valence-electron chi connectivity index (χ2n) is 3.74. The van der Waals surface area contributed by atoms with E-state index >= 15 is 0 Å². The quantitative estimate of drug-likeness (QED) is 0.811. The van der Waals surface area contributed by atoms with Crippen molar-refractivity contribution in [2.24, 2.45) is 0 Å². The van der Waals surface area contributed by atoms with Gasteiger partial charge in [0, 0.05) is 16.9 Å². The average molecular weight is 229 g/mol. The first kappa shape index (κ1) is 11.3. The van der Waals surface area contributed by atoms with Crippen LogP contribution >= 0.6 is 0 Å². The van der Waals surface area contributed by atoms with Crippen LogP contribution in [0.3, 0.4) is 0 Å². The van der Waals surface area contributed by atoms with Gasteiger partial charge >= 0.3 is 0 Å².